The van der Waals surface area contributed by atoms with Gasteiger partial charge in [-0.05, 0) is 50.6 Å². The molecule has 0 amide bonds. The zero-order chi connectivity index (χ0) is 13.8. The fourth-order valence-corrected chi connectivity index (χ4v) is 3.82. The van der Waals surface area contributed by atoms with E-state index in [0.717, 1.165) is 12.6 Å². The molecule has 1 atom stereocenters. The molecule has 1 unspecified atom stereocenters. The van der Waals surface area contributed by atoms with E-state index in [4.69, 9.17) is 0 Å². The third kappa shape index (κ3) is 3.30. The number of imidazole rings is 1. The summed E-state index contributed by atoms with van der Waals surface area (Å²) in [5, 5.41) is 2.18. The number of piperidine rings is 1. The van der Waals surface area contributed by atoms with Crippen molar-refractivity contribution in [3.05, 3.63) is 40.1 Å². The monoisotopic (exact) mass is 289 g/mol. The Hall–Kier alpha value is -1.13. The zero-order valence-corrected chi connectivity index (χ0v) is 13.0. The molecule has 2 aromatic heterocycles. The van der Waals surface area contributed by atoms with Gasteiger partial charge in [-0.15, -0.1) is 11.3 Å². The lowest BCUT2D eigenvalue weighted by molar-refractivity contribution is 0.131. The van der Waals surface area contributed by atoms with Gasteiger partial charge < -0.3 is 4.98 Å². The van der Waals surface area contributed by atoms with Crippen LogP contribution in [0.3, 0.4) is 0 Å². The molecule has 0 saturated carbocycles. The van der Waals surface area contributed by atoms with Crippen LogP contribution in [0, 0.1) is 6.92 Å². The van der Waals surface area contributed by atoms with Gasteiger partial charge in [-0.25, -0.2) is 4.98 Å². The minimum atomic E-state index is 0.724. The van der Waals surface area contributed by atoms with Gasteiger partial charge >= 0.3 is 0 Å². The molecule has 108 valence electrons. The van der Waals surface area contributed by atoms with E-state index in [1.807, 2.05) is 17.7 Å². The van der Waals surface area contributed by atoms with E-state index in [-0.39, 0.29) is 0 Å². The molecule has 20 heavy (non-hydrogen) atoms. The van der Waals surface area contributed by atoms with Crippen LogP contribution in [0.5, 0.6) is 0 Å². The summed E-state index contributed by atoms with van der Waals surface area (Å²) in [5.41, 5.74) is 2.43. The molecule has 0 bridgehead atoms. The highest BCUT2D eigenvalue weighted by molar-refractivity contribution is 7.09. The fourth-order valence-electron chi connectivity index (χ4n) is 3.10. The van der Waals surface area contributed by atoms with Crippen LogP contribution >= 0.6 is 11.3 Å². The molecule has 1 aliphatic rings. The Labute approximate surface area is 125 Å². The molecule has 2 aromatic rings. The highest BCUT2D eigenvalue weighted by atomic mass is 32.1. The molecule has 3 rings (SSSR count). The summed E-state index contributed by atoms with van der Waals surface area (Å²) in [6.45, 7) is 4.35. The SMILES string of the molecule is Cc1[nH]cnc1CN1CCCCC1CCc1cccs1. The van der Waals surface area contributed by atoms with Crippen LogP contribution in [0.1, 0.15) is 41.9 Å². The van der Waals surface area contributed by atoms with Gasteiger partial charge in [0.05, 0.1) is 12.0 Å². The first kappa shape index (κ1) is 13.8. The molecule has 0 aliphatic carbocycles. The molecule has 0 radical (unpaired) electrons. The van der Waals surface area contributed by atoms with E-state index in [1.54, 1.807) is 0 Å². The number of hydrogen-bond donors (Lipinski definition) is 1. The van der Waals surface area contributed by atoms with E-state index in [2.05, 4.69) is 39.3 Å². The minimum Gasteiger partial charge on any atom is -0.348 e. The standard InChI is InChI=1S/C16H23N3S/c1-13-16(18-12-17-13)11-19-9-3-2-5-14(19)7-8-15-6-4-10-20-15/h4,6,10,12,14H,2-3,5,7-9,11H2,1H3,(H,17,18). The summed E-state index contributed by atoms with van der Waals surface area (Å²) in [6, 6.07) is 5.14. The van der Waals surface area contributed by atoms with Gasteiger partial charge in [0.1, 0.15) is 0 Å². The van der Waals surface area contributed by atoms with Gasteiger partial charge in [0.25, 0.3) is 0 Å². The lowest BCUT2D eigenvalue weighted by atomic mass is 9.97. The Morgan fingerprint density at radius 2 is 2.40 bits per heavy atom. The Bertz CT molecular complexity index is 518. The largest absolute Gasteiger partial charge is 0.348 e. The van der Waals surface area contributed by atoms with Crippen molar-refractivity contribution in [2.75, 3.05) is 6.54 Å². The average Bonchev–Trinajstić information content (AvgIpc) is 3.11. The second-order valence-corrected chi connectivity index (χ2v) is 6.74. The van der Waals surface area contributed by atoms with Crippen LogP contribution in [0.15, 0.2) is 23.8 Å². The van der Waals surface area contributed by atoms with Gasteiger partial charge in [-0.1, -0.05) is 12.5 Å². The van der Waals surface area contributed by atoms with Gasteiger partial charge in [0.15, 0.2) is 0 Å². The minimum absolute atomic E-state index is 0.724. The average molecular weight is 289 g/mol. The predicted molar refractivity (Wildman–Crippen MR) is 84.0 cm³/mol. The summed E-state index contributed by atoms with van der Waals surface area (Å²) < 4.78 is 0. The van der Waals surface area contributed by atoms with E-state index in [0.29, 0.717) is 0 Å². The molecule has 0 spiro atoms. The summed E-state index contributed by atoms with van der Waals surface area (Å²) in [6.07, 6.45) is 8.37. The summed E-state index contributed by atoms with van der Waals surface area (Å²) in [7, 11) is 0. The Balaban J connectivity index is 1.60. The van der Waals surface area contributed by atoms with E-state index in [9.17, 15) is 0 Å². The van der Waals surface area contributed by atoms with Crippen LogP contribution < -0.4 is 0 Å². The van der Waals surface area contributed by atoms with Gasteiger partial charge in [-0.3, -0.25) is 4.90 Å². The summed E-state index contributed by atoms with van der Waals surface area (Å²) in [4.78, 5) is 11.8. The fraction of sp³-hybridized carbons (Fsp3) is 0.562. The van der Waals surface area contributed by atoms with Crippen molar-refractivity contribution >= 4 is 11.3 Å². The maximum Gasteiger partial charge on any atom is 0.0925 e. The second-order valence-electron chi connectivity index (χ2n) is 5.71. The van der Waals surface area contributed by atoms with Crippen molar-refractivity contribution in [3.8, 4) is 0 Å². The molecule has 1 saturated heterocycles. The molecular weight excluding hydrogens is 266 g/mol. The van der Waals surface area contributed by atoms with E-state index >= 15 is 0 Å². The number of aromatic amines is 1. The molecule has 1 fully saturated rings. The molecule has 1 N–H and O–H groups in total. The molecule has 3 heterocycles. The van der Waals surface area contributed by atoms with Crippen LogP contribution in [0.4, 0.5) is 0 Å². The molecule has 1 aliphatic heterocycles. The Morgan fingerprint density at radius 3 is 3.15 bits per heavy atom. The van der Waals surface area contributed by atoms with Crippen LogP contribution in [0.2, 0.25) is 0 Å². The second kappa shape index (κ2) is 6.55. The highest BCUT2D eigenvalue weighted by Crippen LogP contribution is 2.24. The van der Waals surface area contributed by atoms with Crippen molar-refractivity contribution in [3.63, 3.8) is 0 Å². The number of aromatic nitrogens is 2. The number of hydrogen-bond acceptors (Lipinski definition) is 3. The predicted octanol–water partition coefficient (Wildman–Crippen LogP) is 3.77. The van der Waals surface area contributed by atoms with Crippen molar-refractivity contribution < 1.29 is 0 Å². The number of nitrogens with zero attached hydrogens (tertiary/aromatic N) is 2. The quantitative estimate of drug-likeness (QED) is 0.908. The van der Waals surface area contributed by atoms with Crippen LogP contribution in [0.25, 0.3) is 0 Å². The number of likely N-dealkylation sites (tertiary alicyclic amines) is 1. The first-order chi connectivity index (χ1) is 9.83. The number of thiophene rings is 1. The molecule has 4 heteroatoms. The maximum atomic E-state index is 4.46. The molecular formula is C16H23N3S. The van der Waals surface area contributed by atoms with Gasteiger partial charge in [-0.2, -0.15) is 0 Å². The van der Waals surface area contributed by atoms with Crippen molar-refractivity contribution in [1.82, 2.24) is 14.9 Å². The first-order valence-electron chi connectivity index (χ1n) is 7.58. The number of H-pyrrole nitrogens is 1. The third-order valence-corrected chi connectivity index (χ3v) is 5.28. The zero-order valence-electron chi connectivity index (χ0n) is 12.1. The third-order valence-electron chi connectivity index (χ3n) is 4.34. The maximum absolute atomic E-state index is 4.46. The lowest BCUT2D eigenvalue weighted by Crippen LogP contribution is -2.39. The normalized spacial score (nSPS) is 20.4. The van der Waals surface area contributed by atoms with Gasteiger partial charge in [0, 0.05) is 23.2 Å². The van der Waals surface area contributed by atoms with Crippen molar-refractivity contribution in [1.29, 1.82) is 0 Å². The Kier molecular flexibility index (Phi) is 4.53. The number of rotatable bonds is 5. The summed E-state index contributed by atoms with van der Waals surface area (Å²) in [5.74, 6) is 0. The summed E-state index contributed by atoms with van der Waals surface area (Å²) >= 11 is 1.88. The molecule has 3 nitrogen and oxygen atoms in total. The number of nitrogens with one attached hydrogen (secondary N) is 1. The van der Waals surface area contributed by atoms with E-state index < -0.39 is 0 Å². The van der Waals surface area contributed by atoms with Crippen LogP contribution in [-0.2, 0) is 13.0 Å². The lowest BCUT2D eigenvalue weighted by Gasteiger charge is -2.35. The molecule has 0 aromatic carbocycles. The van der Waals surface area contributed by atoms with Crippen molar-refractivity contribution in [2.45, 2.75) is 51.6 Å². The van der Waals surface area contributed by atoms with E-state index in [1.165, 1.54) is 54.9 Å². The van der Waals surface area contributed by atoms with Gasteiger partial charge in [0.2, 0.25) is 0 Å². The highest BCUT2D eigenvalue weighted by Gasteiger charge is 2.23. The van der Waals surface area contributed by atoms with Crippen LogP contribution in [-0.4, -0.2) is 27.5 Å². The topological polar surface area (TPSA) is 31.9 Å². The smallest absolute Gasteiger partial charge is 0.0925 e. The first-order valence-corrected chi connectivity index (χ1v) is 8.46. The number of aryl methyl sites for hydroxylation is 2. The Morgan fingerprint density at radius 1 is 1.45 bits per heavy atom. The van der Waals surface area contributed by atoms with Crippen molar-refractivity contribution in [2.24, 2.45) is 0 Å².